The molecule has 2 unspecified atom stereocenters. The summed E-state index contributed by atoms with van der Waals surface area (Å²) in [4.78, 5) is 2.62. The van der Waals surface area contributed by atoms with Gasteiger partial charge >= 0.3 is 0 Å². The Bertz CT molecular complexity index is 992. The van der Waals surface area contributed by atoms with Crippen molar-refractivity contribution < 1.29 is 9.50 Å². The maximum atomic E-state index is 13.2. The van der Waals surface area contributed by atoms with Crippen LogP contribution in [0.3, 0.4) is 0 Å². The van der Waals surface area contributed by atoms with Crippen LogP contribution in [0, 0.1) is 12.7 Å². The topological polar surface area (TPSA) is 28.4 Å². The first-order valence-electron chi connectivity index (χ1n) is 9.91. The van der Waals surface area contributed by atoms with Gasteiger partial charge in [0.15, 0.2) is 0 Å². The first kappa shape index (κ1) is 17.0. The van der Waals surface area contributed by atoms with E-state index in [2.05, 4.69) is 34.6 Å². The van der Waals surface area contributed by atoms with Crippen molar-refractivity contribution >= 4 is 10.9 Å². The summed E-state index contributed by atoms with van der Waals surface area (Å²) in [6.07, 6.45) is 2.87. The Labute approximate surface area is 159 Å². The molecule has 0 aliphatic carbocycles. The Morgan fingerprint density at radius 1 is 1.15 bits per heavy atom. The van der Waals surface area contributed by atoms with Gasteiger partial charge in [-0.05, 0) is 61.7 Å². The lowest BCUT2D eigenvalue weighted by atomic mass is 9.95. The molecule has 2 aliphatic rings. The third-order valence-electron chi connectivity index (χ3n) is 6.31. The van der Waals surface area contributed by atoms with Crippen molar-refractivity contribution in [2.24, 2.45) is 0 Å². The summed E-state index contributed by atoms with van der Waals surface area (Å²) in [6.45, 7) is 4.94. The zero-order valence-corrected chi connectivity index (χ0v) is 15.7. The number of aromatic nitrogens is 1. The molecule has 3 nitrogen and oxygen atoms in total. The maximum absolute atomic E-state index is 13.2. The van der Waals surface area contributed by atoms with E-state index in [9.17, 15) is 9.50 Å². The summed E-state index contributed by atoms with van der Waals surface area (Å²) < 4.78 is 15.5. The third kappa shape index (κ3) is 2.79. The highest BCUT2D eigenvalue weighted by Gasteiger charge is 2.35. The molecule has 0 saturated carbocycles. The van der Waals surface area contributed by atoms with Gasteiger partial charge in [-0.15, -0.1) is 0 Å². The van der Waals surface area contributed by atoms with Crippen LogP contribution in [0.5, 0.6) is 0 Å². The lowest BCUT2D eigenvalue weighted by molar-refractivity contribution is 0.155. The molecule has 2 aromatic carbocycles. The minimum atomic E-state index is -0.645. The van der Waals surface area contributed by atoms with Gasteiger partial charge in [-0.25, -0.2) is 4.39 Å². The molecule has 1 aromatic heterocycles. The van der Waals surface area contributed by atoms with E-state index in [4.69, 9.17) is 0 Å². The molecule has 3 aromatic rings. The monoisotopic (exact) mass is 364 g/mol. The lowest BCUT2D eigenvalue weighted by Crippen LogP contribution is -2.31. The van der Waals surface area contributed by atoms with Gasteiger partial charge in [-0.2, -0.15) is 0 Å². The second kappa shape index (κ2) is 6.47. The Balaban J connectivity index is 1.61. The maximum Gasteiger partial charge on any atom is 0.123 e. The molecule has 27 heavy (non-hydrogen) atoms. The fraction of sp³-hybridized carbons (Fsp3) is 0.391. The lowest BCUT2D eigenvalue weighted by Gasteiger charge is -2.31. The molecule has 1 N–H and O–H groups in total. The summed E-state index contributed by atoms with van der Waals surface area (Å²) in [7, 11) is 0. The zero-order chi connectivity index (χ0) is 18.5. The number of halogens is 1. The normalized spacial score (nSPS) is 20.6. The van der Waals surface area contributed by atoms with E-state index in [0.29, 0.717) is 12.6 Å². The first-order valence-corrected chi connectivity index (χ1v) is 9.91. The summed E-state index contributed by atoms with van der Waals surface area (Å²) >= 11 is 0. The predicted molar refractivity (Wildman–Crippen MR) is 105 cm³/mol. The van der Waals surface area contributed by atoms with Crippen LogP contribution in [0.15, 0.2) is 42.5 Å². The fourth-order valence-electron chi connectivity index (χ4n) is 5.03. The molecule has 2 aliphatic heterocycles. The van der Waals surface area contributed by atoms with Gasteiger partial charge in [0.05, 0.1) is 12.6 Å². The van der Waals surface area contributed by atoms with Gasteiger partial charge in [0.1, 0.15) is 5.82 Å². The van der Waals surface area contributed by atoms with Gasteiger partial charge in [-0.1, -0.05) is 23.8 Å². The average Bonchev–Trinajstić information content (AvgIpc) is 3.25. The molecule has 4 heteroatoms. The number of nitrogens with zero attached hydrogens (tertiary/aromatic N) is 2. The number of hydrogen-bond acceptors (Lipinski definition) is 2. The van der Waals surface area contributed by atoms with E-state index in [1.807, 2.05) is 0 Å². The van der Waals surface area contributed by atoms with Gasteiger partial charge < -0.3 is 9.67 Å². The molecule has 0 bridgehead atoms. The third-order valence-corrected chi connectivity index (χ3v) is 6.31. The highest BCUT2D eigenvalue weighted by molar-refractivity contribution is 5.87. The molecule has 140 valence electrons. The van der Waals surface area contributed by atoms with Crippen LogP contribution in [-0.4, -0.2) is 27.7 Å². The van der Waals surface area contributed by atoms with E-state index >= 15 is 0 Å². The summed E-state index contributed by atoms with van der Waals surface area (Å²) in [6, 6.07) is 13.4. The quantitative estimate of drug-likeness (QED) is 0.740. The van der Waals surface area contributed by atoms with Crippen LogP contribution in [0.25, 0.3) is 10.9 Å². The van der Waals surface area contributed by atoms with Crippen molar-refractivity contribution in [3.05, 3.63) is 70.7 Å². The standard InChI is InChI=1S/C23H25FN2O/c1-15-4-9-19-18(13-15)23-20-3-2-11-25(20)12-10-21(23)26(19)14-22(27)16-5-7-17(24)8-6-16/h4-9,13,20,22,27H,2-3,10-12,14H2,1H3. The van der Waals surface area contributed by atoms with Gasteiger partial charge in [0, 0.05) is 35.6 Å². The van der Waals surface area contributed by atoms with Crippen LogP contribution in [-0.2, 0) is 13.0 Å². The average molecular weight is 364 g/mol. The van der Waals surface area contributed by atoms with Crippen molar-refractivity contribution in [3.63, 3.8) is 0 Å². The molecular weight excluding hydrogens is 339 g/mol. The predicted octanol–water partition coefficient (Wildman–Crippen LogP) is 4.52. The van der Waals surface area contributed by atoms with Gasteiger partial charge in [-0.3, -0.25) is 4.90 Å². The Hall–Kier alpha value is -2.17. The molecular formula is C23H25FN2O. The molecule has 0 spiro atoms. The summed E-state index contributed by atoms with van der Waals surface area (Å²) in [5.41, 5.74) is 6.10. The van der Waals surface area contributed by atoms with Crippen LogP contribution < -0.4 is 0 Å². The van der Waals surface area contributed by atoms with Crippen molar-refractivity contribution in [1.29, 1.82) is 0 Å². The number of rotatable bonds is 3. The largest absolute Gasteiger partial charge is 0.387 e. The van der Waals surface area contributed by atoms with E-state index in [0.717, 1.165) is 18.5 Å². The van der Waals surface area contributed by atoms with Crippen molar-refractivity contribution in [2.75, 3.05) is 13.1 Å². The molecule has 2 atom stereocenters. The highest BCUT2D eigenvalue weighted by Crippen LogP contribution is 2.43. The van der Waals surface area contributed by atoms with Crippen LogP contribution in [0.2, 0.25) is 0 Å². The number of aliphatic hydroxyl groups is 1. The van der Waals surface area contributed by atoms with Gasteiger partial charge in [0.2, 0.25) is 0 Å². The SMILES string of the molecule is Cc1ccc2c(c1)c1c(n2CC(O)c2ccc(F)cc2)CCN2CCCC12. The minimum absolute atomic E-state index is 0.272. The number of fused-ring (bicyclic) bond motifs is 5. The van der Waals surface area contributed by atoms with Crippen LogP contribution >= 0.6 is 0 Å². The fourth-order valence-corrected chi connectivity index (χ4v) is 5.03. The van der Waals surface area contributed by atoms with Gasteiger partial charge in [0.25, 0.3) is 0 Å². The van der Waals surface area contributed by atoms with Crippen molar-refractivity contribution in [3.8, 4) is 0 Å². The summed E-state index contributed by atoms with van der Waals surface area (Å²) in [5, 5.41) is 12.2. The molecule has 5 rings (SSSR count). The number of hydrogen-bond donors (Lipinski definition) is 1. The van der Waals surface area contributed by atoms with E-state index < -0.39 is 6.10 Å². The molecule has 1 fully saturated rings. The zero-order valence-electron chi connectivity index (χ0n) is 15.7. The first-order chi connectivity index (χ1) is 13.1. The Morgan fingerprint density at radius 2 is 1.96 bits per heavy atom. The van der Waals surface area contributed by atoms with Crippen molar-refractivity contribution in [2.45, 2.75) is 44.9 Å². The number of aliphatic hydroxyl groups excluding tert-OH is 1. The van der Waals surface area contributed by atoms with Crippen molar-refractivity contribution in [1.82, 2.24) is 9.47 Å². The molecule has 0 amide bonds. The van der Waals surface area contributed by atoms with Crippen LogP contribution in [0.1, 0.15) is 47.4 Å². The van der Waals surface area contributed by atoms with E-state index in [1.165, 1.54) is 59.2 Å². The minimum Gasteiger partial charge on any atom is -0.387 e. The smallest absolute Gasteiger partial charge is 0.123 e. The Kier molecular flexibility index (Phi) is 4.06. The van der Waals surface area contributed by atoms with E-state index in [-0.39, 0.29) is 5.82 Å². The highest BCUT2D eigenvalue weighted by atomic mass is 19.1. The second-order valence-electron chi connectivity index (χ2n) is 8.00. The Morgan fingerprint density at radius 3 is 2.78 bits per heavy atom. The molecule has 1 saturated heterocycles. The molecule has 3 heterocycles. The molecule has 0 radical (unpaired) electrons. The van der Waals surface area contributed by atoms with E-state index in [1.54, 1.807) is 12.1 Å². The number of aryl methyl sites for hydroxylation is 1. The number of benzene rings is 2. The second-order valence-corrected chi connectivity index (χ2v) is 8.00. The van der Waals surface area contributed by atoms with Crippen LogP contribution in [0.4, 0.5) is 4.39 Å². The summed E-state index contributed by atoms with van der Waals surface area (Å²) in [5.74, 6) is -0.272.